The minimum atomic E-state index is -0.441. The first-order valence-electron chi connectivity index (χ1n) is 6.49. The quantitative estimate of drug-likeness (QED) is 0.312. The average Bonchev–Trinajstić information content (AvgIpc) is 2.47. The second-order valence-corrected chi connectivity index (χ2v) is 4.55. The number of hydrogen-bond donors (Lipinski definition) is 2. The summed E-state index contributed by atoms with van der Waals surface area (Å²) in [6, 6.07) is 6.07. The van der Waals surface area contributed by atoms with Crippen molar-refractivity contribution in [3.05, 3.63) is 34.4 Å². The van der Waals surface area contributed by atoms with Gasteiger partial charge in [-0.15, -0.1) is 0 Å². The third kappa shape index (κ3) is 7.54. The lowest BCUT2D eigenvalue weighted by Crippen LogP contribution is -2.29. The summed E-state index contributed by atoms with van der Waals surface area (Å²) in [6.45, 7) is 2.50. The smallest absolute Gasteiger partial charge is 0.269 e. The highest BCUT2D eigenvalue weighted by molar-refractivity contribution is 7.80. The normalized spacial score (nSPS) is 10.1. The molecule has 1 aromatic carbocycles. The lowest BCUT2D eigenvalue weighted by molar-refractivity contribution is -0.384. The standard InChI is InChI=1S/C13H19N3O4S/c1-19-9-10-20-8-2-7-14-13(21)15-11-3-5-12(6-4-11)16(17)18/h3-6H,2,7-10H2,1H3,(H2,14,15,21). The maximum atomic E-state index is 10.5. The maximum Gasteiger partial charge on any atom is 0.269 e. The molecule has 8 heteroatoms. The second kappa shape index (κ2) is 10.0. The molecule has 116 valence electrons. The van der Waals surface area contributed by atoms with E-state index in [2.05, 4.69) is 10.6 Å². The fourth-order valence-corrected chi connectivity index (χ4v) is 1.68. The van der Waals surface area contributed by atoms with Crippen LogP contribution in [0.3, 0.4) is 0 Å². The lowest BCUT2D eigenvalue weighted by atomic mass is 10.3. The minimum absolute atomic E-state index is 0.0487. The van der Waals surface area contributed by atoms with Crippen molar-refractivity contribution >= 4 is 28.7 Å². The molecule has 0 radical (unpaired) electrons. The van der Waals surface area contributed by atoms with Crippen LogP contribution in [0.4, 0.5) is 11.4 Å². The van der Waals surface area contributed by atoms with Gasteiger partial charge < -0.3 is 20.1 Å². The van der Waals surface area contributed by atoms with E-state index in [9.17, 15) is 10.1 Å². The first-order chi connectivity index (χ1) is 10.1. The molecular weight excluding hydrogens is 294 g/mol. The summed E-state index contributed by atoms with van der Waals surface area (Å²) in [6.07, 6.45) is 0.825. The van der Waals surface area contributed by atoms with E-state index in [0.717, 1.165) is 6.42 Å². The Labute approximate surface area is 128 Å². The highest BCUT2D eigenvalue weighted by Gasteiger charge is 2.04. The zero-order valence-corrected chi connectivity index (χ0v) is 12.6. The molecule has 0 saturated carbocycles. The number of nitro benzene ring substituents is 1. The number of nitro groups is 1. The van der Waals surface area contributed by atoms with E-state index in [0.29, 0.717) is 37.2 Å². The zero-order valence-electron chi connectivity index (χ0n) is 11.8. The molecule has 0 atom stereocenters. The highest BCUT2D eigenvalue weighted by Crippen LogP contribution is 2.15. The Kier molecular flexibility index (Phi) is 8.25. The van der Waals surface area contributed by atoms with Crippen molar-refractivity contribution in [2.24, 2.45) is 0 Å². The monoisotopic (exact) mass is 313 g/mol. The Bertz CT molecular complexity index is 453. The molecule has 21 heavy (non-hydrogen) atoms. The van der Waals surface area contributed by atoms with Gasteiger partial charge >= 0.3 is 0 Å². The second-order valence-electron chi connectivity index (χ2n) is 4.14. The molecule has 2 N–H and O–H groups in total. The summed E-state index contributed by atoms with van der Waals surface area (Å²) >= 11 is 5.12. The van der Waals surface area contributed by atoms with Gasteiger partial charge in [-0.2, -0.15) is 0 Å². The third-order valence-corrected chi connectivity index (χ3v) is 2.77. The van der Waals surface area contributed by atoms with Crippen LogP contribution in [0.5, 0.6) is 0 Å². The van der Waals surface area contributed by atoms with Crippen LogP contribution in [0.1, 0.15) is 6.42 Å². The summed E-state index contributed by atoms with van der Waals surface area (Å²) in [4.78, 5) is 10.1. The van der Waals surface area contributed by atoms with E-state index in [1.807, 2.05) is 0 Å². The van der Waals surface area contributed by atoms with Gasteiger partial charge in [0.15, 0.2) is 5.11 Å². The number of anilines is 1. The van der Waals surface area contributed by atoms with Crippen molar-refractivity contribution in [1.29, 1.82) is 0 Å². The largest absolute Gasteiger partial charge is 0.382 e. The molecule has 0 fully saturated rings. The van der Waals surface area contributed by atoms with Gasteiger partial charge in [0, 0.05) is 38.1 Å². The van der Waals surface area contributed by atoms with E-state index in [4.69, 9.17) is 21.7 Å². The number of thiocarbonyl (C=S) groups is 1. The van der Waals surface area contributed by atoms with Gasteiger partial charge in [-0.05, 0) is 30.8 Å². The first-order valence-corrected chi connectivity index (χ1v) is 6.90. The Morgan fingerprint density at radius 2 is 2.00 bits per heavy atom. The van der Waals surface area contributed by atoms with Crippen LogP contribution in [0, 0.1) is 10.1 Å². The van der Waals surface area contributed by atoms with Crippen LogP contribution in [-0.4, -0.2) is 43.5 Å². The summed E-state index contributed by atoms with van der Waals surface area (Å²) in [5, 5.41) is 17.0. The highest BCUT2D eigenvalue weighted by atomic mass is 32.1. The predicted octanol–water partition coefficient (Wildman–Crippen LogP) is 1.93. The fourth-order valence-electron chi connectivity index (χ4n) is 1.46. The molecule has 0 aliphatic rings. The zero-order chi connectivity index (χ0) is 15.5. The molecule has 1 aromatic rings. The lowest BCUT2D eigenvalue weighted by Gasteiger charge is -2.10. The number of hydrogen-bond acceptors (Lipinski definition) is 5. The average molecular weight is 313 g/mol. The van der Waals surface area contributed by atoms with Gasteiger partial charge in [0.1, 0.15) is 0 Å². The van der Waals surface area contributed by atoms with Gasteiger partial charge in [-0.1, -0.05) is 0 Å². The summed E-state index contributed by atoms with van der Waals surface area (Å²) in [7, 11) is 1.63. The number of ether oxygens (including phenoxy) is 2. The molecular formula is C13H19N3O4S. The molecule has 0 heterocycles. The fraction of sp³-hybridized carbons (Fsp3) is 0.462. The van der Waals surface area contributed by atoms with Crippen LogP contribution in [0.15, 0.2) is 24.3 Å². The van der Waals surface area contributed by atoms with Gasteiger partial charge in [-0.25, -0.2) is 0 Å². The van der Waals surface area contributed by atoms with Crippen LogP contribution in [0.25, 0.3) is 0 Å². The van der Waals surface area contributed by atoms with Gasteiger partial charge in [0.25, 0.3) is 5.69 Å². The number of rotatable bonds is 9. The molecule has 0 aliphatic heterocycles. The summed E-state index contributed by atoms with van der Waals surface area (Å²) < 4.78 is 10.2. The van der Waals surface area contributed by atoms with Crippen molar-refractivity contribution in [2.45, 2.75) is 6.42 Å². The molecule has 0 unspecified atom stereocenters. The molecule has 0 aliphatic carbocycles. The van der Waals surface area contributed by atoms with Crippen LogP contribution in [0.2, 0.25) is 0 Å². The molecule has 0 aromatic heterocycles. The maximum absolute atomic E-state index is 10.5. The van der Waals surface area contributed by atoms with Crippen LogP contribution >= 0.6 is 12.2 Å². The van der Waals surface area contributed by atoms with E-state index in [1.54, 1.807) is 19.2 Å². The Balaban J connectivity index is 2.17. The Hall–Kier alpha value is -1.77. The molecule has 0 saturated heterocycles. The molecule has 7 nitrogen and oxygen atoms in total. The summed E-state index contributed by atoms with van der Waals surface area (Å²) in [5.41, 5.74) is 0.752. The van der Waals surface area contributed by atoms with E-state index in [-0.39, 0.29) is 5.69 Å². The van der Waals surface area contributed by atoms with E-state index >= 15 is 0 Å². The third-order valence-electron chi connectivity index (χ3n) is 2.52. The van der Waals surface area contributed by atoms with Crippen molar-refractivity contribution in [1.82, 2.24) is 5.32 Å². The van der Waals surface area contributed by atoms with E-state index in [1.165, 1.54) is 12.1 Å². The number of methoxy groups -OCH3 is 1. The number of nitrogens with zero attached hydrogens (tertiary/aromatic N) is 1. The first kappa shape index (κ1) is 17.3. The number of non-ortho nitro benzene ring substituents is 1. The van der Waals surface area contributed by atoms with Gasteiger partial charge in [0.2, 0.25) is 0 Å². The molecule has 0 spiro atoms. The van der Waals surface area contributed by atoms with Crippen molar-refractivity contribution in [3.8, 4) is 0 Å². The van der Waals surface area contributed by atoms with Crippen LogP contribution < -0.4 is 10.6 Å². The van der Waals surface area contributed by atoms with E-state index < -0.39 is 4.92 Å². The van der Waals surface area contributed by atoms with Gasteiger partial charge in [0.05, 0.1) is 18.1 Å². The SMILES string of the molecule is COCCOCCCNC(=S)Nc1ccc([N+](=O)[O-])cc1. The van der Waals surface area contributed by atoms with Gasteiger partial charge in [-0.3, -0.25) is 10.1 Å². The summed E-state index contributed by atoms with van der Waals surface area (Å²) in [5.74, 6) is 0. The van der Waals surface area contributed by atoms with Crippen molar-refractivity contribution in [3.63, 3.8) is 0 Å². The molecule has 0 bridgehead atoms. The molecule has 1 rings (SSSR count). The number of benzene rings is 1. The molecule has 0 amide bonds. The Morgan fingerprint density at radius 3 is 2.62 bits per heavy atom. The number of nitrogens with one attached hydrogen (secondary N) is 2. The van der Waals surface area contributed by atoms with Crippen molar-refractivity contribution in [2.75, 3.05) is 38.8 Å². The Morgan fingerprint density at radius 1 is 1.29 bits per heavy atom. The minimum Gasteiger partial charge on any atom is -0.382 e. The van der Waals surface area contributed by atoms with Crippen molar-refractivity contribution < 1.29 is 14.4 Å². The topological polar surface area (TPSA) is 85.7 Å². The van der Waals surface area contributed by atoms with Crippen LogP contribution in [-0.2, 0) is 9.47 Å². The predicted molar refractivity (Wildman–Crippen MR) is 84.6 cm³/mol.